The van der Waals surface area contributed by atoms with Crippen LogP contribution < -0.4 is 28.5 Å². The highest BCUT2D eigenvalue weighted by atomic mass is 127. The van der Waals surface area contributed by atoms with Crippen molar-refractivity contribution in [1.29, 1.82) is 0 Å². The molecule has 0 amide bonds. The quantitative estimate of drug-likeness (QED) is 0.316. The average Bonchev–Trinajstić information content (AvgIpc) is 2.74. The Labute approximate surface area is 184 Å². The first-order valence-corrected chi connectivity index (χ1v) is 9.19. The van der Waals surface area contributed by atoms with E-state index in [9.17, 15) is 0 Å². The molecule has 1 heterocycles. The van der Waals surface area contributed by atoms with E-state index < -0.39 is 0 Å². The third-order valence-electron chi connectivity index (χ3n) is 4.72. The summed E-state index contributed by atoms with van der Waals surface area (Å²) in [6.07, 6.45) is 6.61. The molecule has 1 nitrogen and oxygen atoms in total. The lowest BCUT2D eigenvalue weighted by molar-refractivity contribution is -0.659. The Hall–Kier alpha value is -2.72. The molecule has 0 aliphatic heterocycles. The van der Waals surface area contributed by atoms with Crippen molar-refractivity contribution in [2.75, 3.05) is 0 Å². The molecule has 0 saturated carbocycles. The fourth-order valence-corrected chi connectivity index (χ4v) is 3.31. The van der Waals surface area contributed by atoms with Crippen molar-refractivity contribution >= 4 is 12.2 Å². The van der Waals surface area contributed by atoms with Crippen molar-refractivity contribution in [2.45, 2.75) is 0 Å². The van der Waals surface area contributed by atoms with Crippen LogP contribution in [0.25, 0.3) is 34.5 Å². The average molecular weight is 475 g/mol. The van der Waals surface area contributed by atoms with Gasteiger partial charge in [-0.3, -0.25) is 0 Å². The largest absolute Gasteiger partial charge is 1.00 e. The van der Waals surface area contributed by atoms with Crippen LogP contribution in [0.3, 0.4) is 0 Å². The van der Waals surface area contributed by atoms with Crippen LogP contribution in [-0.2, 0) is 7.05 Å². The molecule has 0 atom stereocenters. The molecule has 0 aliphatic carbocycles. The van der Waals surface area contributed by atoms with Crippen molar-refractivity contribution < 1.29 is 28.5 Å². The van der Waals surface area contributed by atoms with E-state index in [-0.39, 0.29) is 24.0 Å². The normalized spacial score (nSPS) is 10.6. The second-order valence-corrected chi connectivity index (χ2v) is 6.61. The van der Waals surface area contributed by atoms with Gasteiger partial charge in [0.2, 0.25) is 5.69 Å². The van der Waals surface area contributed by atoms with Crippen LogP contribution in [0.1, 0.15) is 11.1 Å². The van der Waals surface area contributed by atoms with Crippen molar-refractivity contribution in [1.82, 2.24) is 0 Å². The van der Waals surface area contributed by atoms with Crippen molar-refractivity contribution in [2.24, 2.45) is 7.05 Å². The predicted octanol–water partition coefficient (Wildman–Crippen LogP) is 3.02. The van der Waals surface area contributed by atoms with E-state index in [0.29, 0.717) is 0 Å². The van der Waals surface area contributed by atoms with E-state index in [1.807, 2.05) is 6.07 Å². The maximum atomic E-state index is 2.27. The molecule has 3 aromatic carbocycles. The van der Waals surface area contributed by atoms with Gasteiger partial charge in [0.25, 0.3) is 0 Å². The molecule has 0 bridgehead atoms. The topological polar surface area (TPSA) is 3.88 Å². The Kier molecular flexibility index (Phi) is 6.77. The van der Waals surface area contributed by atoms with Crippen LogP contribution in [0.4, 0.5) is 0 Å². The first-order valence-electron chi connectivity index (χ1n) is 9.19. The van der Waals surface area contributed by atoms with Gasteiger partial charge in [0.15, 0.2) is 6.20 Å². The monoisotopic (exact) mass is 475 g/mol. The molecule has 4 aromatic rings. The number of nitrogens with zero attached hydrogens (tertiary/aromatic N) is 1. The van der Waals surface area contributed by atoms with E-state index in [4.69, 9.17) is 0 Å². The standard InChI is InChI=1S/C26H22N.HI/c1-27-20-25(22-13-7-3-8-14-22)24(18-17-21-11-5-2-6-12-21)19-26(27)23-15-9-4-10-16-23;/h2-20H,1H3;1H/q+1;/p-1/b18-17+;. The van der Waals surface area contributed by atoms with E-state index >= 15 is 0 Å². The van der Waals surface area contributed by atoms with Crippen LogP contribution in [0.5, 0.6) is 0 Å². The van der Waals surface area contributed by atoms with Gasteiger partial charge in [-0.1, -0.05) is 91.0 Å². The Morgan fingerprint density at radius 3 is 1.79 bits per heavy atom. The minimum absolute atomic E-state index is 0. The third kappa shape index (κ3) is 4.57. The van der Waals surface area contributed by atoms with Gasteiger partial charge in [0, 0.05) is 11.6 Å². The predicted molar refractivity (Wildman–Crippen MR) is 114 cm³/mol. The number of hydrogen-bond acceptors (Lipinski definition) is 0. The molecule has 0 fully saturated rings. The van der Waals surface area contributed by atoms with Crippen molar-refractivity contribution in [3.05, 3.63) is 114 Å². The number of pyridine rings is 1. The van der Waals surface area contributed by atoms with Crippen LogP contribution in [0.15, 0.2) is 103 Å². The fraction of sp³-hybridized carbons (Fsp3) is 0.0385. The summed E-state index contributed by atoms with van der Waals surface area (Å²) in [5.74, 6) is 0. The lowest BCUT2D eigenvalue weighted by Gasteiger charge is -2.09. The molecule has 138 valence electrons. The highest BCUT2D eigenvalue weighted by Gasteiger charge is 2.15. The van der Waals surface area contributed by atoms with Gasteiger partial charge in [0.05, 0.1) is 5.56 Å². The number of rotatable bonds is 4. The van der Waals surface area contributed by atoms with E-state index in [2.05, 4.69) is 121 Å². The zero-order valence-electron chi connectivity index (χ0n) is 15.8. The van der Waals surface area contributed by atoms with E-state index in [1.165, 1.54) is 33.5 Å². The van der Waals surface area contributed by atoms with Crippen molar-refractivity contribution in [3.8, 4) is 22.4 Å². The third-order valence-corrected chi connectivity index (χ3v) is 4.72. The maximum absolute atomic E-state index is 2.27. The summed E-state index contributed by atoms with van der Waals surface area (Å²) in [5, 5.41) is 0. The molecule has 0 saturated heterocycles. The summed E-state index contributed by atoms with van der Waals surface area (Å²) in [4.78, 5) is 0. The highest BCUT2D eigenvalue weighted by Crippen LogP contribution is 2.27. The van der Waals surface area contributed by atoms with E-state index in [0.717, 1.165) is 0 Å². The number of halogens is 1. The summed E-state index contributed by atoms with van der Waals surface area (Å²) in [5.41, 5.74) is 7.27. The maximum Gasteiger partial charge on any atom is 0.212 e. The van der Waals surface area contributed by atoms with Gasteiger partial charge in [-0.15, -0.1) is 0 Å². The van der Waals surface area contributed by atoms with Crippen LogP contribution in [0, 0.1) is 0 Å². The molecular formula is C26H22IN. The Balaban J connectivity index is 0.00000225. The highest BCUT2D eigenvalue weighted by molar-refractivity contribution is 5.81. The van der Waals surface area contributed by atoms with Gasteiger partial charge in [0.1, 0.15) is 7.05 Å². The number of benzene rings is 3. The van der Waals surface area contributed by atoms with Gasteiger partial charge in [-0.2, -0.15) is 0 Å². The van der Waals surface area contributed by atoms with Gasteiger partial charge >= 0.3 is 0 Å². The molecule has 0 spiro atoms. The second-order valence-electron chi connectivity index (χ2n) is 6.61. The summed E-state index contributed by atoms with van der Waals surface area (Å²) in [6.45, 7) is 0. The zero-order valence-corrected chi connectivity index (χ0v) is 18.0. The molecule has 0 N–H and O–H groups in total. The molecule has 4 rings (SSSR count). The molecule has 0 unspecified atom stereocenters. The van der Waals surface area contributed by atoms with Gasteiger partial charge in [-0.25, -0.2) is 4.57 Å². The second kappa shape index (κ2) is 9.47. The van der Waals surface area contributed by atoms with Crippen LogP contribution in [-0.4, -0.2) is 0 Å². The molecule has 2 heteroatoms. The first-order chi connectivity index (χ1) is 13.3. The Morgan fingerprint density at radius 2 is 1.18 bits per heavy atom. The fourth-order valence-electron chi connectivity index (χ4n) is 3.31. The van der Waals surface area contributed by atoms with Crippen LogP contribution in [0.2, 0.25) is 0 Å². The van der Waals surface area contributed by atoms with Crippen molar-refractivity contribution in [3.63, 3.8) is 0 Å². The van der Waals surface area contributed by atoms with E-state index in [1.54, 1.807) is 0 Å². The summed E-state index contributed by atoms with van der Waals surface area (Å²) in [7, 11) is 2.11. The lowest BCUT2D eigenvalue weighted by atomic mass is 9.98. The molecule has 28 heavy (non-hydrogen) atoms. The molecular weight excluding hydrogens is 453 g/mol. The summed E-state index contributed by atoms with van der Waals surface area (Å²) >= 11 is 0. The Morgan fingerprint density at radius 1 is 0.643 bits per heavy atom. The van der Waals surface area contributed by atoms with Gasteiger partial charge < -0.3 is 24.0 Å². The molecule has 1 aromatic heterocycles. The minimum atomic E-state index is 0. The van der Waals surface area contributed by atoms with Crippen LogP contribution >= 0.6 is 0 Å². The SMILES string of the molecule is C[n+]1cc(-c2ccccc2)c(/C=C/c2ccccc2)cc1-c1ccccc1.[I-]. The zero-order chi connectivity index (χ0) is 18.5. The Bertz CT molecular complexity index is 1060. The summed E-state index contributed by atoms with van der Waals surface area (Å²) < 4.78 is 2.21. The smallest absolute Gasteiger partial charge is 0.212 e. The minimum Gasteiger partial charge on any atom is -1.00 e. The summed E-state index contributed by atoms with van der Waals surface area (Å²) in [6, 6.07) is 33.8. The first kappa shape index (κ1) is 20.0. The number of hydrogen-bond donors (Lipinski definition) is 0. The molecule has 0 radical (unpaired) electrons. The van der Waals surface area contributed by atoms with Gasteiger partial charge in [-0.05, 0) is 28.8 Å². The number of aryl methyl sites for hydroxylation is 1. The lowest BCUT2D eigenvalue weighted by Crippen LogP contribution is -3.00. The number of aromatic nitrogens is 1. The molecule has 0 aliphatic rings.